The van der Waals surface area contributed by atoms with Gasteiger partial charge in [-0.15, -0.1) is 0 Å². The number of hydrogen-bond acceptors (Lipinski definition) is 6. The molecule has 7 nitrogen and oxygen atoms in total. The summed E-state index contributed by atoms with van der Waals surface area (Å²) in [7, 11) is 1.37. The molecule has 1 saturated heterocycles. The predicted molar refractivity (Wildman–Crippen MR) is 95.7 cm³/mol. The van der Waals surface area contributed by atoms with E-state index in [0.717, 1.165) is 4.90 Å². The van der Waals surface area contributed by atoms with Crippen LogP contribution in [-0.4, -0.2) is 40.5 Å². The lowest BCUT2D eigenvalue weighted by molar-refractivity contribution is -0.139. The van der Waals surface area contributed by atoms with Gasteiger partial charge in [-0.05, 0) is 17.7 Å². The van der Waals surface area contributed by atoms with E-state index < -0.39 is 17.7 Å². The fourth-order valence-electron chi connectivity index (χ4n) is 3.08. The Morgan fingerprint density at radius 1 is 1.22 bits per heavy atom. The van der Waals surface area contributed by atoms with Crippen molar-refractivity contribution >= 4 is 17.4 Å². The molecule has 0 spiro atoms. The van der Waals surface area contributed by atoms with Gasteiger partial charge in [-0.3, -0.25) is 9.59 Å². The SMILES string of the molecule is COc1cc(C2/C(=C(/O)c3ccccc3)C(=O)C(=O)N2CC#N)ccc1O. The van der Waals surface area contributed by atoms with Gasteiger partial charge in [0.05, 0.1) is 24.8 Å². The van der Waals surface area contributed by atoms with Gasteiger partial charge in [0.2, 0.25) is 0 Å². The Kier molecular flexibility index (Phi) is 4.81. The fourth-order valence-corrected chi connectivity index (χ4v) is 3.08. The summed E-state index contributed by atoms with van der Waals surface area (Å²) in [5.41, 5.74) is 0.689. The molecule has 0 radical (unpaired) electrons. The third-order valence-electron chi connectivity index (χ3n) is 4.35. The van der Waals surface area contributed by atoms with E-state index in [1.54, 1.807) is 30.3 Å². The van der Waals surface area contributed by atoms with Crippen molar-refractivity contribution in [3.05, 3.63) is 65.2 Å². The normalized spacial score (nSPS) is 18.4. The molecule has 1 heterocycles. The van der Waals surface area contributed by atoms with Crippen LogP contribution in [0.15, 0.2) is 54.1 Å². The van der Waals surface area contributed by atoms with E-state index in [1.165, 1.54) is 25.3 Å². The van der Waals surface area contributed by atoms with Crippen LogP contribution in [0.2, 0.25) is 0 Å². The van der Waals surface area contributed by atoms with Crippen LogP contribution in [0, 0.1) is 11.3 Å². The van der Waals surface area contributed by atoms with E-state index in [4.69, 9.17) is 10.00 Å². The van der Waals surface area contributed by atoms with E-state index in [-0.39, 0.29) is 29.4 Å². The Morgan fingerprint density at radius 3 is 2.56 bits per heavy atom. The Bertz CT molecular complexity index is 976. The van der Waals surface area contributed by atoms with Crippen LogP contribution in [-0.2, 0) is 9.59 Å². The third-order valence-corrected chi connectivity index (χ3v) is 4.35. The van der Waals surface area contributed by atoms with Crippen LogP contribution in [0.5, 0.6) is 11.5 Å². The summed E-state index contributed by atoms with van der Waals surface area (Å²) in [6.45, 7) is -0.329. The molecule has 1 unspecified atom stereocenters. The zero-order chi connectivity index (χ0) is 19.6. The Labute approximate surface area is 155 Å². The molecule has 2 N–H and O–H groups in total. The fraction of sp³-hybridized carbons (Fsp3) is 0.150. The highest BCUT2D eigenvalue weighted by Crippen LogP contribution is 2.41. The monoisotopic (exact) mass is 364 g/mol. The number of likely N-dealkylation sites (tertiary alicyclic amines) is 1. The lowest BCUT2D eigenvalue weighted by atomic mass is 9.95. The van der Waals surface area contributed by atoms with E-state index in [2.05, 4.69) is 0 Å². The van der Waals surface area contributed by atoms with Crippen molar-refractivity contribution in [1.82, 2.24) is 4.90 Å². The number of phenolic OH excluding ortho intramolecular Hbond substituents is 1. The van der Waals surface area contributed by atoms with Crippen LogP contribution >= 0.6 is 0 Å². The van der Waals surface area contributed by atoms with Crippen molar-refractivity contribution in [2.24, 2.45) is 0 Å². The number of aliphatic hydroxyl groups is 1. The molecule has 0 saturated carbocycles. The smallest absolute Gasteiger partial charge is 0.296 e. The number of rotatable bonds is 4. The maximum atomic E-state index is 12.6. The van der Waals surface area contributed by atoms with Gasteiger partial charge in [0.15, 0.2) is 11.5 Å². The van der Waals surface area contributed by atoms with Gasteiger partial charge in [-0.25, -0.2) is 0 Å². The summed E-state index contributed by atoms with van der Waals surface area (Å²) < 4.78 is 5.09. The van der Waals surface area contributed by atoms with E-state index in [9.17, 15) is 19.8 Å². The quantitative estimate of drug-likeness (QED) is 0.373. The summed E-state index contributed by atoms with van der Waals surface area (Å²) >= 11 is 0. The minimum absolute atomic E-state index is 0.110. The Morgan fingerprint density at radius 2 is 1.93 bits per heavy atom. The number of methoxy groups -OCH3 is 1. The van der Waals surface area contributed by atoms with Gasteiger partial charge in [0, 0.05) is 5.56 Å². The number of phenols is 1. The van der Waals surface area contributed by atoms with E-state index in [0.29, 0.717) is 11.1 Å². The number of aliphatic hydroxyl groups excluding tert-OH is 1. The van der Waals surface area contributed by atoms with Crippen molar-refractivity contribution in [2.75, 3.05) is 13.7 Å². The Balaban J connectivity index is 2.23. The van der Waals surface area contributed by atoms with Crippen LogP contribution < -0.4 is 4.74 Å². The molecule has 1 fully saturated rings. The zero-order valence-corrected chi connectivity index (χ0v) is 14.4. The van der Waals surface area contributed by atoms with Crippen molar-refractivity contribution in [3.63, 3.8) is 0 Å². The first-order valence-electron chi connectivity index (χ1n) is 8.07. The second-order valence-corrected chi connectivity index (χ2v) is 5.88. The first-order chi connectivity index (χ1) is 13.0. The highest BCUT2D eigenvalue weighted by Gasteiger charge is 2.46. The summed E-state index contributed by atoms with van der Waals surface area (Å²) in [5, 5.41) is 29.6. The second kappa shape index (κ2) is 7.22. The molecule has 0 bridgehead atoms. The number of amides is 1. The number of aromatic hydroxyl groups is 1. The van der Waals surface area contributed by atoms with Crippen LogP contribution in [0.25, 0.3) is 5.76 Å². The molecule has 0 aromatic heterocycles. The number of ketones is 1. The summed E-state index contributed by atoms with van der Waals surface area (Å²) in [6, 6.07) is 13.6. The average Bonchev–Trinajstić information content (AvgIpc) is 2.94. The number of benzene rings is 2. The van der Waals surface area contributed by atoms with Crippen molar-refractivity contribution < 1.29 is 24.5 Å². The molecule has 1 atom stereocenters. The summed E-state index contributed by atoms with van der Waals surface area (Å²) in [6.07, 6.45) is 0. The molecule has 1 aliphatic rings. The molecule has 0 aliphatic carbocycles. The van der Waals surface area contributed by atoms with Gasteiger partial charge in [0.1, 0.15) is 12.3 Å². The molecular weight excluding hydrogens is 348 g/mol. The maximum absolute atomic E-state index is 12.6. The largest absolute Gasteiger partial charge is 0.507 e. The molecule has 136 valence electrons. The zero-order valence-electron chi connectivity index (χ0n) is 14.4. The third kappa shape index (κ3) is 3.09. The van der Waals surface area contributed by atoms with Crippen LogP contribution in [0.1, 0.15) is 17.2 Å². The van der Waals surface area contributed by atoms with Gasteiger partial charge in [0.25, 0.3) is 11.7 Å². The van der Waals surface area contributed by atoms with Crippen LogP contribution in [0.3, 0.4) is 0 Å². The van der Waals surface area contributed by atoms with Crippen molar-refractivity contribution in [3.8, 4) is 17.6 Å². The standard InChI is InChI=1S/C20H16N2O5/c1-27-15-11-13(7-8-14(15)23)17-16(18(24)12-5-3-2-4-6-12)19(25)20(26)22(17)10-9-21/h2-8,11,17,23-24H,10H2,1H3/b18-16-. The van der Waals surface area contributed by atoms with Gasteiger partial charge < -0.3 is 19.8 Å². The number of carbonyl (C=O) groups excluding carboxylic acids is 2. The summed E-state index contributed by atoms with van der Waals surface area (Å²) in [5.74, 6) is -2.03. The number of carbonyl (C=O) groups is 2. The van der Waals surface area contributed by atoms with E-state index >= 15 is 0 Å². The molecule has 3 rings (SSSR count). The minimum Gasteiger partial charge on any atom is -0.507 e. The molecule has 2 aromatic rings. The minimum atomic E-state index is -0.973. The van der Waals surface area contributed by atoms with Gasteiger partial charge in [-0.2, -0.15) is 5.26 Å². The molecule has 1 amide bonds. The average molecular weight is 364 g/mol. The number of nitriles is 1. The van der Waals surface area contributed by atoms with E-state index in [1.807, 2.05) is 6.07 Å². The highest BCUT2D eigenvalue weighted by atomic mass is 16.5. The molecular formula is C20H16N2O5. The topological polar surface area (TPSA) is 111 Å². The molecule has 2 aromatic carbocycles. The second-order valence-electron chi connectivity index (χ2n) is 5.88. The lowest BCUT2D eigenvalue weighted by Gasteiger charge is -2.23. The Hall–Kier alpha value is -3.79. The van der Waals surface area contributed by atoms with Gasteiger partial charge in [-0.1, -0.05) is 36.4 Å². The highest BCUT2D eigenvalue weighted by molar-refractivity contribution is 6.46. The van der Waals surface area contributed by atoms with Crippen molar-refractivity contribution in [2.45, 2.75) is 6.04 Å². The first-order valence-corrected chi connectivity index (χ1v) is 8.07. The molecule has 27 heavy (non-hydrogen) atoms. The summed E-state index contributed by atoms with van der Waals surface area (Å²) in [4.78, 5) is 26.1. The number of ether oxygens (including phenoxy) is 1. The lowest BCUT2D eigenvalue weighted by Crippen LogP contribution is -2.30. The number of nitrogens with zero attached hydrogens (tertiary/aromatic N) is 2. The first kappa shape index (κ1) is 18.0. The maximum Gasteiger partial charge on any atom is 0.296 e. The number of hydrogen-bond donors (Lipinski definition) is 2. The predicted octanol–water partition coefficient (Wildman–Crippen LogP) is 2.35. The van der Waals surface area contributed by atoms with Crippen molar-refractivity contribution in [1.29, 1.82) is 5.26 Å². The van der Waals surface area contributed by atoms with Gasteiger partial charge >= 0.3 is 0 Å². The van der Waals surface area contributed by atoms with Crippen LogP contribution in [0.4, 0.5) is 0 Å². The number of Topliss-reactive ketones (excluding diaryl/α,β-unsaturated/α-hetero) is 1. The molecule has 7 heteroatoms. The molecule has 1 aliphatic heterocycles.